The molecule has 100 valence electrons. The van der Waals surface area contributed by atoms with Crippen LogP contribution < -0.4 is 4.72 Å². The Kier molecular flexibility index (Phi) is 4.84. The number of nitrogens with zero attached hydrogens (tertiary/aromatic N) is 1. The highest BCUT2D eigenvalue weighted by Crippen LogP contribution is 2.16. The summed E-state index contributed by atoms with van der Waals surface area (Å²) < 4.78 is 26.5. The summed E-state index contributed by atoms with van der Waals surface area (Å²) in [5, 5.41) is -0.826. The van der Waals surface area contributed by atoms with Crippen molar-refractivity contribution in [2.45, 2.75) is 37.1 Å². The Morgan fingerprint density at radius 3 is 2.50 bits per heavy atom. The number of sulfonamides is 1. The molecule has 0 bridgehead atoms. The SMILES string of the molecule is CC(C)NS(=O)(=O)c1cccnc1C(=O)C(C)Cl. The fourth-order valence-electron chi connectivity index (χ4n) is 1.35. The standard InChI is InChI=1S/C11H15ClN2O3S/c1-7(2)14-18(16,17)9-5-4-6-13-10(9)11(15)8(3)12/h4-8,14H,1-3H3. The van der Waals surface area contributed by atoms with Crippen molar-refractivity contribution in [1.82, 2.24) is 9.71 Å². The third-order valence-corrected chi connectivity index (χ3v) is 3.93. The minimum atomic E-state index is -3.76. The summed E-state index contributed by atoms with van der Waals surface area (Å²) in [5.74, 6) is -0.513. The van der Waals surface area contributed by atoms with Crippen LogP contribution in [0, 0.1) is 0 Å². The maximum atomic E-state index is 12.0. The minimum absolute atomic E-state index is 0.131. The predicted octanol–water partition coefficient (Wildman–Crippen LogP) is 1.58. The van der Waals surface area contributed by atoms with Crippen molar-refractivity contribution < 1.29 is 13.2 Å². The first-order chi connectivity index (χ1) is 8.25. The van der Waals surface area contributed by atoms with Crippen LogP contribution in [0.4, 0.5) is 0 Å². The number of pyridine rings is 1. The smallest absolute Gasteiger partial charge is 0.243 e. The van der Waals surface area contributed by atoms with Gasteiger partial charge in [0.25, 0.3) is 0 Å². The zero-order valence-electron chi connectivity index (χ0n) is 10.3. The fraction of sp³-hybridized carbons (Fsp3) is 0.455. The Bertz CT molecular complexity index is 541. The number of nitrogens with one attached hydrogen (secondary N) is 1. The molecule has 0 radical (unpaired) electrons. The summed E-state index contributed by atoms with van der Waals surface area (Å²) in [5.41, 5.74) is -0.131. The van der Waals surface area contributed by atoms with Gasteiger partial charge >= 0.3 is 0 Å². The summed E-state index contributed by atoms with van der Waals surface area (Å²) in [6.45, 7) is 4.87. The second kappa shape index (κ2) is 5.77. The molecule has 0 aliphatic rings. The summed E-state index contributed by atoms with van der Waals surface area (Å²) in [6.07, 6.45) is 1.36. The van der Waals surface area contributed by atoms with E-state index in [1.54, 1.807) is 13.8 Å². The van der Waals surface area contributed by atoms with Crippen LogP contribution in [0.3, 0.4) is 0 Å². The highest BCUT2D eigenvalue weighted by molar-refractivity contribution is 7.89. The molecule has 1 atom stereocenters. The summed E-state index contributed by atoms with van der Waals surface area (Å²) in [6, 6.07) is 2.53. The lowest BCUT2D eigenvalue weighted by Crippen LogP contribution is -2.32. The summed E-state index contributed by atoms with van der Waals surface area (Å²) in [7, 11) is -3.76. The van der Waals surface area contributed by atoms with Crippen LogP contribution in [0.15, 0.2) is 23.2 Å². The fourth-order valence-corrected chi connectivity index (χ4v) is 2.87. The molecule has 1 aromatic rings. The van der Waals surface area contributed by atoms with Gasteiger partial charge in [0.2, 0.25) is 10.0 Å². The van der Waals surface area contributed by atoms with E-state index in [0.29, 0.717) is 0 Å². The lowest BCUT2D eigenvalue weighted by molar-refractivity contribution is 0.0983. The van der Waals surface area contributed by atoms with E-state index in [4.69, 9.17) is 11.6 Å². The molecule has 5 nitrogen and oxygen atoms in total. The van der Waals surface area contributed by atoms with Crippen LogP contribution in [-0.2, 0) is 10.0 Å². The average Bonchev–Trinajstić information content (AvgIpc) is 2.26. The predicted molar refractivity (Wildman–Crippen MR) is 69.3 cm³/mol. The van der Waals surface area contributed by atoms with Crippen LogP contribution in [-0.4, -0.2) is 30.6 Å². The maximum absolute atomic E-state index is 12.0. The molecule has 0 saturated carbocycles. The van der Waals surface area contributed by atoms with Gasteiger partial charge in [-0.05, 0) is 32.9 Å². The number of Topliss-reactive ketones (excluding diaryl/α,β-unsaturated/α-hetero) is 1. The largest absolute Gasteiger partial charge is 0.291 e. The van der Waals surface area contributed by atoms with Crippen molar-refractivity contribution in [1.29, 1.82) is 0 Å². The van der Waals surface area contributed by atoms with Gasteiger partial charge in [-0.3, -0.25) is 9.78 Å². The molecule has 0 amide bonds. The maximum Gasteiger partial charge on any atom is 0.243 e. The van der Waals surface area contributed by atoms with Crippen molar-refractivity contribution in [3.05, 3.63) is 24.0 Å². The lowest BCUT2D eigenvalue weighted by Gasteiger charge is -2.12. The second-order valence-corrected chi connectivity index (χ2v) is 6.44. The van der Waals surface area contributed by atoms with Crippen molar-refractivity contribution >= 4 is 27.4 Å². The molecule has 1 rings (SSSR count). The van der Waals surface area contributed by atoms with E-state index >= 15 is 0 Å². The monoisotopic (exact) mass is 290 g/mol. The third-order valence-electron chi connectivity index (χ3n) is 2.05. The Labute approximate surface area is 112 Å². The van der Waals surface area contributed by atoms with Gasteiger partial charge in [0.15, 0.2) is 5.78 Å². The molecular formula is C11H15ClN2O3S. The van der Waals surface area contributed by atoms with Gasteiger partial charge in [-0.1, -0.05) is 0 Å². The van der Waals surface area contributed by atoms with Gasteiger partial charge in [-0.2, -0.15) is 0 Å². The highest BCUT2D eigenvalue weighted by Gasteiger charge is 2.25. The number of aromatic nitrogens is 1. The molecule has 7 heteroatoms. The van der Waals surface area contributed by atoms with Crippen molar-refractivity contribution in [2.24, 2.45) is 0 Å². The molecule has 1 heterocycles. The second-order valence-electron chi connectivity index (χ2n) is 4.11. The molecule has 0 fully saturated rings. The number of rotatable bonds is 5. The van der Waals surface area contributed by atoms with E-state index in [1.165, 1.54) is 25.3 Å². The van der Waals surface area contributed by atoms with Gasteiger partial charge < -0.3 is 0 Å². The van der Waals surface area contributed by atoms with Crippen molar-refractivity contribution in [3.8, 4) is 0 Å². The van der Waals surface area contributed by atoms with Crippen molar-refractivity contribution in [3.63, 3.8) is 0 Å². The van der Waals surface area contributed by atoms with Crippen LogP contribution in [0.25, 0.3) is 0 Å². The molecule has 1 unspecified atom stereocenters. The number of hydrogen-bond acceptors (Lipinski definition) is 4. The third kappa shape index (κ3) is 3.51. The normalized spacial score (nSPS) is 13.6. The topological polar surface area (TPSA) is 76.1 Å². The molecule has 1 aromatic heterocycles. The Morgan fingerprint density at radius 2 is 2.00 bits per heavy atom. The summed E-state index contributed by atoms with van der Waals surface area (Å²) >= 11 is 5.69. The first kappa shape index (κ1) is 15.1. The van der Waals surface area contributed by atoms with E-state index in [1.807, 2.05) is 0 Å². The van der Waals surface area contributed by atoms with Gasteiger partial charge in [0, 0.05) is 12.2 Å². The van der Waals surface area contributed by atoms with Gasteiger partial charge in [-0.15, -0.1) is 11.6 Å². The first-order valence-electron chi connectivity index (χ1n) is 5.41. The van der Waals surface area contributed by atoms with Crippen molar-refractivity contribution in [2.75, 3.05) is 0 Å². The van der Waals surface area contributed by atoms with E-state index in [-0.39, 0.29) is 16.6 Å². The number of hydrogen-bond donors (Lipinski definition) is 1. The molecule has 0 aromatic carbocycles. The molecule has 0 aliphatic heterocycles. The minimum Gasteiger partial charge on any atom is -0.291 e. The van der Waals surface area contributed by atoms with E-state index < -0.39 is 21.2 Å². The zero-order valence-corrected chi connectivity index (χ0v) is 11.9. The van der Waals surface area contributed by atoms with Gasteiger partial charge in [0.05, 0.1) is 5.38 Å². The molecule has 0 aliphatic carbocycles. The first-order valence-corrected chi connectivity index (χ1v) is 7.33. The quantitative estimate of drug-likeness (QED) is 0.660. The van der Waals surface area contributed by atoms with Crippen LogP contribution in [0.1, 0.15) is 31.3 Å². The number of carbonyl (C=O) groups excluding carboxylic acids is 1. The molecule has 0 saturated heterocycles. The van der Waals surface area contributed by atoms with Crippen LogP contribution in [0.5, 0.6) is 0 Å². The Morgan fingerprint density at radius 1 is 1.39 bits per heavy atom. The van der Waals surface area contributed by atoms with Crippen LogP contribution >= 0.6 is 11.6 Å². The number of ketones is 1. The lowest BCUT2D eigenvalue weighted by atomic mass is 10.2. The molecule has 0 spiro atoms. The summed E-state index contributed by atoms with van der Waals surface area (Å²) in [4.78, 5) is 15.5. The van der Waals surface area contributed by atoms with Crippen LogP contribution in [0.2, 0.25) is 0 Å². The van der Waals surface area contributed by atoms with E-state index in [2.05, 4.69) is 9.71 Å². The zero-order chi connectivity index (χ0) is 13.9. The molecule has 18 heavy (non-hydrogen) atoms. The van der Waals surface area contributed by atoms with Gasteiger partial charge in [0.1, 0.15) is 10.6 Å². The van der Waals surface area contributed by atoms with E-state index in [0.717, 1.165) is 0 Å². The number of halogens is 1. The number of alkyl halides is 1. The molecule has 1 N–H and O–H groups in total. The average molecular weight is 291 g/mol. The number of carbonyl (C=O) groups is 1. The highest BCUT2D eigenvalue weighted by atomic mass is 35.5. The molecular weight excluding hydrogens is 276 g/mol. The van der Waals surface area contributed by atoms with E-state index in [9.17, 15) is 13.2 Å². The Hall–Kier alpha value is -0.980. The van der Waals surface area contributed by atoms with Gasteiger partial charge in [-0.25, -0.2) is 13.1 Å². The Balaban J connectivity index is 3.30.